The van der Waals surface area contributed by atoms with Crippen LogP contribution in [0.15, 0.2) is 21.9 Å². The Balaban J connectivity index is 1.62. The smallest absolute Gasteiger partial charge is 0.229 e. The van der Waals surface area contributed by atoms with Crippen LogP contribution in [0.4, 0.5) is 5.13 Å². The minimum atomic E-state index is -0.112. The lowest BCUT2D eigenvalue weighted by Crippen LogP contribution is -2.29. The molecule has 2 heterocycles. The summed E-state index contributed by atoms with van der Waals surface area (Å²) in [6, 6.07) is 3.60. The number of nitrogens with one attached hydrogen (secondary N) is 2. The number of aromatic nitrogens is 1. The predicted molar refractivity (Wildman–Crippen MR) is 95.9 cm³/mol. The minimum absolute atomic E-state index is 0.000331. The molecule has 7 nitrogen and oxygen atoms in total. The zero-order chi connectivity index (χ0) is 17.8. The largest absolute Gasteiger partial charge is 0.458 e. The monoisotopic (exact) mass is 362 g/mol. The Hall–Kier alpha value is -2.19. The van der Waals surface area contributed by atoms with Crippen molar-refractivity contribution in [2.24, 2.45) is 17.6 Å². The molecule has 2 amide bonds. The molecule has 134 valence electrons. The Bertz CT molecular complexity index is 755. The molecule has 1 aliphatic carbocycles. The maximum absolute atomic E-state index is 12.4. The van der Waals surface area contributed by atoms with Crippen LogP contribution in [-0.4, -0.2) is 23.3 Å². The van der Waals surface area contributed by atoms with Crippen molar-refractivity contribution in [1.82, 2.24) is 10.3 Å². The van der Waals surface area contributed by atoms with Crippen LogP contribution in [0, 0.1) is 11.8 Å². The molecular formula is C17H22N4O3S. The first kappa shape index (κ1) is 17.6. The van der Waals surface area contributed by atoms with Crippen LogP contribution in [0.5, 0.6) is 0 Å². The lowest BCUT2D eigenvalue weighted by atomic mass is 9.95. The maximum atomic E-state index is 12.4. The Labute approximate surface area is 150 Å². The Kier molecular flexibility index (Phi) is 5.50. The van der Waals surface area contributed by atoms with Gasteiger partial charge in [-0.05, 0) is 37.4 Å². The van der Waals surface area contributed by atoms with Crippen molar-refractivity contribution >= 4 is 28.3 Å². The summed E-state index contributed by atoms with van der Waals surface area (Å²) in [7, 11) is 0. The number of rotatable bonds is 6. The highest BCUT2D eigenvalue weighted by atomic mass is 32.1. The molecule has 0 aliphatic heterocycles. The Morgan fingerprint density at radius 2 is 2.24 bits per heavy atom. The fourth-order valence-corrected chi connectivity index (χ4v) is 3.83. The number of nitrogens with zero attached hydrogens (tertiary/aromatic N) is 1. The summed E-state index contributed by atoms with van der Waals surface area (Å²) in [5.74, 6) is 1.39. The van der Waals surface area contributed by atoms with E-state index >= 15 is 0 Å². The van der Waals surface area contributed by atoms with Crippen LogP contribution < -0.4 is 16.4 Å². The van der Waals surface area contributed by atoms with Crippen molar-refractivity contribution < 1.29 is 14.0 Å². The van der Waals surface area contributed by atoms with Gasteiger partial charge in [-0.15, -0.1) is 11.3 Å². The third-order valence-corrected chi connectivity index (χ3v) is 5.22. The van der Waals surface area contributed by atoms with Gasteiger partial charge in [0, 0.05) is 18.2 Å². The van der Waals surface area contributed by atoms with Crippen molar-refractivity contribution in [3.05, 3.63) is 23.3 Å². The number of amides is 2. The topological polar surface area (TPSA) is 110 Å². The highest BCUT2D eigenvalue weighted by Gasteiger charge is 2.32. The average molecular weight is 362 g/mol. The van der Waals surface area contributed by atoms with Crippen LogP contribution in [0.3, 0.4) is 0 Å². The standard InChI is InChI=1S/C17H22N4O3S/c1-10(22)19-8-12-5-6-15(24-12)14-9-25-17(20-14)21-16(23)13-4-2-3-11(13)7-18/h5-6,9,11,13H,2-4,7-8,18H2,1H3,(H,19,22)(H,20,21,23)/t11-,13-/m1/s1. The molecule has 2 atom stereocenters. The summed E-state index contributed by atoms with van der Waals surface area (Å²) in [5, 5.41) is 7.98. The second kappa shape index (κ2) is 7.79. The molecular weight excluding hydrogens is 340 g/mol. The molecule has 8 heteroatoms. The van der Waals surface area contributed by atoms with E-state index in [0.717, 1.165) is 19.3 Å². The van der Waals surface area contributed by atoms with Crippen LogP contribution in [0.1, 0.15) is 31.9 Å². The zero-order valence-electron chi connectivity index (χ0n) is 14.1. The molecule has 0 aromatic carbocycles. The van der Waals surface area contributed by atoms with Gasteiger partial charge in [0.2, 0.25) is 11.8 Å². The predicted octanol–water partition coefficient (Wildman–Crippen LogP) is 2.35. The van der Waals surface area contributed by atoms with E-state index < -0.39 is 0 Å². The molecule has 2 aromatic heterocycles. The SMILES string of the molecule is CC(=O)NCc1ccc(-c2csc(NC(=O)[C@@H]3CCC[C@@H]3CN)n2)o1. The van der Waals surface area contributed by atoms with E-state index in [1.165, 1.54) is 18.3 Å². The van der Waals surface area contributed by atoms with Gasteiger partial charge in [0.15, 0.2) is 10.9 Å². The van der Waals surface area contributed by atoms with E-state index in [2.05, 4.69) is 15.6 Å². The van der Waals surface area contributed by atoms with Crippen molar-refractivity contribution in [3.8, 4) is 11.5 Å². The highest BCUT2D eigenvalue weighted by molar-refractivity contribution is 7.14. The Morgan fingerprint density at radius 3 is 3.00 bits per heavy atom. The first-order valence-electron chi connectivity index (χ1n) is 8.37. The quantitative estimate of drug-likeness (QED) is 0.730. The lowest BCUT2D eigenvalue weighted by Gasteiger charge is -2.16. The summed E-state index contributed by atoms with van der Waals surface area (Å²) in [5.41, 5.74) is 6.41. The molecule has 25 heavy (non-hydrogen) atoms. The van der Waals surface area contributed by atoms with Crippen molar-refractivity contribution in [2.45, 2.75) is 32.7 Å². The number of thiazole rings is 1. The molecule has 0 spiro atoms. The number of carbonyl (C=O) groups excluding carboxylic acids is 2. The number of anilines is 1. The van der Waals surface area contributed by atoms with Gasteiger partial charge in [0.25, 0.3) is 0 Å². The van der Waals surface area contributed by atoms with Crippen LogP contribution >= 0.6 is 11.3 Å². The van der Waals surface area contributed by atoms with E-state index in [-0.39, 0.29) is 23.7 Å². The third kappa shape index (κ3) is 4.26. The highest BCUT2D eigenvalue weighted by Crippen LogP contribution is 2.33. The molecule has 0 unspecified atom stereocenters. The molecule has 2 aromatic rings. The normalized spacial score (nSPS) is 19.8. The first-order valence-corrected chi connectivity index (χ1v) is 9.24. The maximum Gasteiger partial charge on any atom is 0.229 e. The second-order valence-corrected chi connectivity index (χ2v) is 7.09. The van der Waals surface area contributed by atoms with Gasteiger partial charge < -0.3 is 20.8 Å². The molecule has 4 N–H and O–H groups in total. The molecule has 0 radical (unpaired) electrons. The van der Waals surface area contributed by atoms with Gasteiger partial charge in [0.1, 0.15) is 11.5 Å². The van der Waals surface area contributed by atoms with Gasteiger partial charge in [-0.3, -0.25) is 9.59 Å². The van der Waals surface area contributed by atoms with E-state index in [9.17, 15) is 9.59 Å². The summed E-state index contributed by atoms with van der Waals surface area (Å²) in [4.78, 5) is 27.8. The number of nitrogens with two attached hydrogens (primary N) is 1. The summed E-state index contributed by atoms with van der Waals surface area (Å²) >= 11 is 1.36. The number of hydrogen-bond donors (Lipinski definition) is 3. The van der Waals surface area contributed by atoms with Crippen LogP contribution in [0.25, 0.3) is 11.5 Å². The molecule has 1 fully saturated rings. The average Bonchev–Trinajstić information content (AvgIpc) is 3.32. The van der Waals surface area contributed by atoms with E-state index in [1.54, 1.807) is 12.1 Å². The van der Waals surface area contributed by atoms with Gasteiger partial charge >= 0.3 is 0 Å². The summed E-state index contributed by atoms with van der Waals surface area (Å²) < 4.78 is 5.67. The van der Waals surface area contributed by atoms with Crippen LogP contribution in [0.2, 0.25) is 0 Å². The molecule has 1 aliphatic rings. The van der Waals surface area contributed by atoms with E-state index in [1.807, 2.05) is 5.38 Å². The van der Waals surface area contributed by atoms with Gasteiger partial charge in [-0.1, -0.05) is 6.42 Å². The second-order valence-electron chi connectivity index (χ2n) is 6.24. The summed E-state index contributed by atoms with van der Waals surface area (Å²) in [6.45, 7) is 2.34. The third-order valence-electron chi connectivity index (χ3n) is 4.46. The molecule has 1 saturated carbocycles. The molecule has 3 rings (SSSR count). The fraction of sp³-hybridized carbons (Fsp3) is 0.471. The van der Waals surface area contributed by atoms with Crippen molar-refractivity contribution in [2.75, 3.05) is 11.9 Å². The summed E-state index contributed by atoms with van der Waals surface area (Å²) in [6.07, 6.45) is 2.95. The minimum Gasteiger partial charge on any atom is -0.458 e. The number of hydrogen-bond acceptors (Lipinski definition) is 6. The zero-order valence-corrected chi connectivity index (χ0v) is 14.9. The van der Waals surface area contributed by atoms with Crippen molar-refractivity contribution in [3.63, 3.8) is 0 Å². The van der Waals surface area contributed by atoms with E-state index in [4.69, 9.17) is 10.2 Å². The fourth-order valence-electron chi connectivity index (χ4n) is 3.13. The number of carbonyl (C=O) groups is 2. The first-order chi connectivity index (χ1) is 12.1. The lowest BCUT2D eigenvalue weighted by molar-refractivity contribution is -0.121. The van der Waals surface area contributed by atoms with Gasteiger partial charge in [-0.25, -0.2) is 4.98 Å². The van der Waals surface area contributed by atoms with E-state index in [0.29, 0.717) is 35.4 Å². The number of furan rings is 1. The van der Waals surface area contributed by atoms with Crippen molar-refractivity contribution in [1.29, 1.82) is 0 Å². The van der Waals surface area contributed by atoms with Crippen LogP contribution in [-0.2, 0) is 16.1 Å². The molecule has 0 saturated heterocycles. The Morgan fingerprint density at radius 1 is 1.40 bits per heavy atom. The van der Waals surface area contributed by atoms with Gasteiger partial charge in [0.05, 0.1) is 6.54 Å². The molecule has 0 bridgehead atoms. The van der Waals surface area contributed by atoms with Gasteiger partial charge in [-0.2, -0.15) is 0 Å².